The SMILES string of the molecule is C=C1COCCN1C(=O)c1cn(CC)c2nnc(Cl)cc2c1=O. The molecular weight excluding hydrogens is 320 g/mol. The van der Waals surface area contributed by atoms with E-state index in [2.05, 4.69) is 16.8 Å². The smallest absolute Gasteiger partial charge is 0.263 e. The minimum Gasteiger partial charge on any atom is -0.373 e. The fraction of sp³-hybridized carbons (Fsp3) is 0.333. The van der Waals surface area contributed by atoms with Crippen LogP contribution in [-0.2, 0) is 11.3 Å². The van der Waals surface area contributed by atoms with Crippen LogP contribution in [0.5, 0.6) is 0 Å². The number of morpholine rings is 1. The average Bonchev–Trinajstić information content (AvgIpc) is 2.55. The summed E-state index contributed by atoms with van der Waals surface area (Å²) in [7, 11) is 0. The summed E-state index contributed by atoms with van der Waals surface area (Å²) >= 11 is 5.84. The molecule has 1 aliphatic rings. The summed E-state index contributed by atoms with van der Waals surface area (Å²) in [4.78, 5) is 26.9. The van der Waals surface area contributed by atoms with Crippen LogP contribution in [0.15, 0.2) is 29.3 Å². The molecule has 8 heteroatoms. The molecule has 0 aromatic carbocycles. The standard InChI is InChI=1S/C15H15ClN4O3/c1-3-19-7-11(15(22)20-4-5-23-8-9(20)2)13(21)10-6-12(16)17-18-14(10)19/h6-7H,2-5,8H2,1H3. The summed E-state index contributed by atoms with van der Waals surface area (Å²) in [5.74, 6) is -0.389. The van der Waals surface area contributed by atoms with Gasteiger partial charge in [0, 0.05) is 25.0 Å². The van der Waals surface area contributed by atoms with E-state index in [1.807, 2.05) is 6.92 Å². The Labute approximate surface area is 137 Å². The maximum absolute atomic E-state index is 12.8. The molecule has 3 rings (SSSR count). The van der Waals surface area contributed by atoms with Crippen LogP contribution in [0.4, 0.5) is 0 Å². The van der Waals surface area contributed by atoms with Gasteiger partial charge in [-0.2, -0.15) is 0 Å². The van der Waals surface area contributed by atoms with E-state index in [4.69, 9.17) is 16.3 Å². The van der Waals surface area contributed by atoms with E-state index < -0.39 is 5.43 Å². The van der Waals surface area contributed by atoms with Crippen LogP contribution >= 0.6 is 11.6 Å². The summed E-state index contributed by atoms with van der Waals surface area (Å²) < 4.78 is 6.95. The van der Waals surface area contributed by atoms with Crippen molar-refractivity contribution in [1.82, 2.24) is 19.7 Å². The zero-order chi connectivity index (χ0) is 16.6. The third-order valence-corrected chi connectivity index (χ3v) is 3.90. The van der Waals surface area contributed by atoms with Crippen molar-refractivity contribution in [2.24, 2.45) is 0 Å². The quantitative estimate of drug-likeness (QED) is 0.830. The number of ether oxygens (including phenoxy) is 1. The maximum atomic E-state index is 12.8. The molecule has 0 N–H and O–H groups in total. The third kappa shape index (κ3) is 2.73. The normalized spacial score (nSPS) is 15.2. The highest BCUT2D eigenvalue weighted by molar-refractivity contribution is 6.29. The molecular formula is C15H15ClN4O3. The lowest BCUT2D eigenvalue weighted by Crippen LogP contribution is -2.40. The van der Waals surface area contributed by atoms with Gasteiger partial charge in [0.1, 0.15) is 5.56 Å². The zero-order valence-electron chi connectivity index (χ0n) is 12.6. The highest BCUT2D eigenvalue weighted by Gasteiger charge is 2.25. The number of rotatable bonds is 2. The maximum Gasteiger partial charge on any atom is 0.263 e. The van der Waals surface area contributed by atoms with E-state index in [9.17, 15) is 9.59 Å². The van der Waals surface area contributed by atoms with Crippen molar-refractivity contribution in [3.8, 4) is 0 Å². The van der Waals surface area contributed by atoms with E-state index in [0.29, 0.717) is 31.0 Å². The average molecular weight is 335 g/mol. The molecule has 0 radical (unpaired) electrons. The van der Waals surface area contributed by atoms with Crippen LogP contribution in [0.1, 0.15) is 17.3 Å². The lowest BCUT2D eigenvalue weighted by atomic mass is 10.1. The molecule has 7 nitrogen and oxygen atoms in total. The Kier molecular flexibility index (Phi) is 4.14. The second-order valence-corrected chi connectivity index (χ2v) is 5.53. The van der Waals surface area contributed by atoms with Crippen molar-refractivity contribution in [2.45, 2.75) is 13.5 Å². The predicted octanol–water partition coefficient (Wildman–Crippen LogP) is 1.45. The van der Waals surface area contributed by atoms with E-state index >= 15 is 0 Å². The number of carbonyl (C=O) groups is 1. The van der Waals surface area contributed by atoms with E-state index in [1.165, 1.54) is 17.2 Å². The van der Waals surface area contributed by atoms with Crippen LogP contribution in [-0.4, -0.2) is 45.3 Å². The number of fused-ring (bicyclic) bond motifs is 1. The van der Waals surface area contributed by atoms with Gasteiger partial charge in [0.15, 0.2) is 10.8 Å². The third-order valence-electron chi connectivity index (χ3n) is 3.72. The lowest BCUT2D eigenvalue weighted by molar-refractivity contribution is 0.0514. The summed E-state index contributed by atoms with van der Waals surface area (Å²) in [6, 6.07) is 1.43. The van der Waals surface area contributed by atoms with Gasteiger partial charge in [-0.15, -0.1) is 10.2 Å². The topological polar surface area (TPSA) is 77.3 Å². The molecule has 0 unspecified atom stereocenters. The first kappa shape index (κ1) is 15.6. The summed E-state index contributed by atoms with van der Waals surface area (Å²) in [5.41, 5.74) is 0.589. The lowest BCUT2D eigenvalue weighted by Gasteiger charge is -2.29. The number of carbonyl (C=O) groups excluding carboxylic acids is 1. The minimum atomic E-state index is -0.411. The molecule has 0 atom stereocenters. The van der Waals surface area contributed by atoms with Crippen molar-refractivity contribution >= 4 is 28.5 Å². The Morgan fingerprint density at radius 2 is 2.26 bits per heavy atom. The van der Waals surface area contributed by atoms with Crippen molar-refractivity contribution < 1.29 is 9.53 Å². The van der Waals surface area contributed by atoms with Crippen molar-refractivity contribution in [3.05, 3.63) is 45.5 Å². The van der Waals surface area contributed by atoms with Gasteiger partial charge in [-0.3, -0.25) is 9.59 Å². The molecule has 0 bridgehead atoms. The van der Waals surface area contributed by atoms with Crippen LogP contribution in [0.3, 0.4) is 0 Å². The predicted molar refractivity (Wildman–Crippen MR) is 85.5 cm³/mol. The molecule has 1 saturated heterocycles. The first-order valence-corrected chi connectivity index (χ1v) is 7.54. The molecule has 23 heavy (non-hydrogen) atoms. The summed E-state index contributed by atoms with van der Waals surface area (Å²) in [6.45, 7) is 7.31. The minimum absolute atomic E-state index is 0.0615. The number of aromatic nitrogens is 3. The van der Waals surface area contributed by atoms with Crippen LogP contribution in [0.25, 0.3) is 11.0 Å². The molecule has 1 amide bonds. The Balaban J connectivity index is 2.17. The first-order valence-electron chi connectivity index (χ1n) is 7.16. The number of hydrogen-bond donors (Lipinski definition) is 0. The molecule has 0 spiro atoms. The zero-order valence-corrected chi connectivity index (χ0v) is 13.3. The van der Waals surface area contributed by atoms with Gasteiger partial charge in [-0.1, -0.05) is 18.2 Å². The molecule has 3 heterocycles. The fourth-order valence-electron chi connectivity index (χ4n) is 2.53. The summed E-state index contributed by atoms with van der Waals surface area (Å²) in [5, 5.41) is 8.11. The number of hydrogen-bond acceptors (Lipinski definition) is 5. The van der Waals surface area contributed by atoms with E-state index in [-0.39, 0.29) is 28.6 Å². The number of amides is 1. The molecule has 1 aliphatic heterocycles. The second kappa shape index (κ2) is 6.10. The molecule has 2 aromatic rings. The van der Waals surface area contributed by atoms with Gasteiger partial charge in [0.05, 0.1) is 18.6 Å². The van der Waals surface area contributed by atoms with Crippen molar-refractivity contribution in [1.29, 1.82) is 0 Å². The Bertz CT molecular complexity index is 862. The van der Waals surface area contributed by atoms with Gasteiger partial charge in [0.25, 0.3) is 5.91 Å². The van der Waals surface area contributed by atoms with E-state index in [0.717, 1.165) is 0 Å². The molecule has 0 aliphatic carbocycles. The van der Waals surface area contributed by atoms with Crippen molar-refractivity contribution in [2.75, 3.05) is 19.8 Å². The van der Waals surface area contributed by atoms with Gasteiger partial charge >= 0.3 is 0 Å². The Hall–Kier alpha value is -2.25. The molecule has 120 valence electrons. The first-order chi connectivity index (χ1) is 11.0. The van der Waals surface area contributed by atoms with Gasteiger partial charge < -0.3 is 14.2 Å². The monoisotopic (exact) mass is 334 g/mol. The second-order valence-electron chi connectivity index (χ2n) is 5.14. The Morgan fingerprint density at radius 1 is 1.48 bits per heavy atom. The molecule has 2 aromatic heterocycles. The number of halogens is 1. The van der Waals surface area contributed by atoms with Gasteiger partial charge in [-0.05, 0) is 13.0 Å². The highest BCUT2D eigenvalue weighted by atomic mass is 35.5. The van der Waals surface area contributed by atoms with Crippen LogP contribution in [0, 0.1) is 0 Å². The largest absolute Gasteiger partial charge is 0.373 e. The fourth-order valence-corrected chi connectivity index (χ4v) is 2.67. The van der Waals surface area contributed by atoms with Crippen molar-refractivity contribution in [3.63, 3.8) is 0 Å². The number of nitrogens with zero attached hydrogens (tertiary/aromatic N) is 4. The van der Waals surface area contributed by atoms with Gasteiger partial charge in [0.2, 0.25) is 5.43 Å². The number of aryl methyl sites for hydroxylation is 1. The highest BCUT2D eigenvalue weighted by Crippen LogP contribution is 2.16. The number of pyridine rings is 1. The van der Waals surface area contributed by atoms with Crippen LogP contribution < -0.4 is 5.43 Å². The molecule has 0 saturated carbocycles. The van der Waals surface area contributed by atoms with E-state index in [1.54, 1.807) is 4.57 Å². The van der Waals surface area contributed by atoms with Gasteiger partial charge in [-0.25, -0.2) is 0 Å². The summed E-state index contributed by atoms with van der Waals surface area (Å²) in [6.07, 6.45) is 1.51. The molecule has 1 fully saturated rings. The van der Waals surface area contributed by atoms with Crippen LogP contribution in [0.2, 0.25) is 5.15 Å². The Morgan fingerprint density at radius 3 is 2.96 bits per heavy atom.